The van der Waals surface area contributed by atoms with Crippen LogP contribution in [0, 0.1) is 21.7 Å². The third kappa shape index (κ3) is 6.73. The van der Waals surface area contributed by atoms with Gasteiger partial charge >= 0.3 is 0 Å². The molecule has 1 aromatic carbocycles. The molecule has 7 nitrogen and oxygen atoms in total. The van der Waals surface area contributed by atoms with Gasteiger partial charge in [0.05, 0.1) is 23.9 Å². The van der Waals surface area contributed by atoms with Crippen LogP contribution in [-0.2, 0) is 9.59 Å². The van der Waals surface area contributed by atoms with Gasteiger partial charge in [0.15, 0.2) is 0 Å². The van der Waals surface area contributed by atoms with Gasteiger partial charge in [0, 0.05) is 48.7 Å². The fraction of sp³-hybridized carbons (Fsp3) is 0.750. The third-order valence-electron chi connectivity index (χ3n) is 9.73. The Bertz CT molecular complexity index is 1070. The molecule has 3 atom stereocenters. The van der Waals surface area contributed by atoms with Crippen molar-refractivity contribution in [1.82, 2.24) is 14.7 Å². The van der Waals surface area contributed by atoms with Crippen molar-refractivity contribution in [3.05, 3.63) is 39.8 Å². The second kappa shape index (κ2) is 11.7. The maximum Gasteiger partial charge on any atom is 0.230 e. The summed E-state index contributed by atoms with van der Waals surface area (Å²) in [6.07, 6.45) is 4.81. The number of hydrogen-bond donors (Lipinski definition) is 0. The van der Waals surface area contributed by atoms with E-state index in [1.807, 2.05) is 30.9 Å². The monoisotopic (exact) mass is 572 g/mol. The first-order valence-corrected chi connectivity index (χ1v) is 15.4. The van der Waals surface area contributed by atoms with Gasteiger partial charge in [0.2, 0.25) is 11.8 Å². The summed E-state index contributed by atoms with van der Waals surface area (Å²) in [7, 11) is 0. The third-order valence-corrected chi connectivity index (χ3v) is 9.98. The van der Waals surface area contributed by atoms with E-state index in [1.165, 1.54) is 0 Å². The zero-order valence-electron chi connectivity index (χ0n) is 25.6. The first-order valence-electron chi connectivity index (χ1n) is 15.0. The van der Waals surface area contributed by atoms with Gasteiger partial charge < -0.3 is 9.80 Å². The molecule has 3 fully saturated rings. The van der Waals surface area contributed by atoms with E-state index in [0.29, 0.717) is 18.1 Å². The number of hydrogen-bond acceptors (Lipinski definition) is 5. The molecule has 0 N–H and O–H groups in total. The molecular formula is C32H49ClN4O3. The highest BCUT2D eigenvalue weighted by Gasteiger charge is 2.47. The molecule has 0 spiro atoms. The molecule has 0 unspecified atom stereocenters. The molecule has 4 rings (SSSR count). The number of nitroso groups, excluding NO2 is 1. The number of halogens is 1. The van der Waals surface area contributed by atoms with E-state index in [0.717, 1.165) is 50.8 Å². The van der Waals surface area contributed by atoms with Crippen LogP contribution in [0.25, 0.3) is 0 Å². The van der Waals surface area contributed by atoms with E-state index >= 15 is 0 Å². The molecule has 2 amide bonds. The molecule has 8 heteroatoms. The minimum atomic E-state index is -0.857. The molecule has 1 aromatic rings. The standard InChI is InChI=1S/C32H49ClN4O3/c1-30(2,3)36-19-26(22-8-10-23(33)11-9-22)27(20-36)28(38)35-17-14-25(18-35)37(29(39)32(6,7)21-34-40)24-12-15-31(4,5)16-13-24/h8-11,24-27H,12-21H2,1-7H3/t25-,26-,27+/m0/s1. The van der Waals surface area contributed by atoms with Gasteiger partial charge in [-0.05, 0) is 89.8 Å². The smallest absolute Gasteiger partial charge is 0.230 e. The van der Waals surface area contributed by atoms with Crippen molar-refractivity contribution in [2.45, 2.75) is 104 Å². The molecule has 1 saturated carbocycles. The van der Waals surface area contributed by atoms with Crippen LogP contribution in [0.2, 0.25) is 5.02 Å². The van der Waals surface area contributed by atoms with Crippen molar-refractivity contribution >= 4 is 23.4 Å². The lowest BCUT2D eigenvalue weighted by atomic mass is 9.74. The summed E-state index contributed by atoms with van der Waals surface area (Å²) in [5.41, 5.74) is 0.532. The average Bonchev–Trinajstić information content (AvgIpc) is 3.53. The van der Waals surface area contributed by atoms with Gasteiger partial charge in [-0.3, -0.25) is 14.5 Å². The average molecular weight is 573 g/mol. The van der Waals surface area contributed by atoms with Crippen LogP contribution in [0.3, 0.4) is 0 Å². The largest absolute Gasteiger partial charge is 0.340 e. The quantitative estimate of drug-likeness (QED) is 0.357. The van der Waals surface area contributed by atoms with Crippen LogP contribution in [0.4, 0.5) is 0 Å². The maximum absolute atomic E-state index is 14.2. The normalized spacial score (nSPS) is 26.2. The molecule has 40 heavy (non-hydrogen) atoms. The van der Waals surface area contributed by atoms with Gasteiger partial charge in [-0.25, -0.2) is 0 Å². The molecule has 2 aliphatic heterocycles. The summed E-state index contributed by atoms with van der Waals surface area (Å²) >= 11 is 6.18. The number of likely N-dealkylation sites (tertiary alicyclic amines) is 2. The topological polar surface area (TPSA) is 73.3 Å². The van der Waals surface area contributed by atoms with Gasteiger partial charge in [-0.2, -0.15) is 4.91 Å². The van der Waals surface area contributed by atoms with E-state index in [-0.39, 0.29) is 53.2 Å². The van der Waals surface area contributed by atoms with Crippen molar-refractivity contribution in [3.8, 4) is 0 Å². The maximum atomic E-state index is 14.2. The van der Waals surface area contributed by atoms with Crippen LogP contribution in [-0.4, -0.2) is 76.9 Å². The van der Waals surface area contributed by atoms with Crippen molar-refractivity contribution in [2.24, 2.45) is 21.9 Å². The number of carbonyl (C=O) groups excluding carboxylic acids is 2. The molecule has 0 aromatic heterocycles. The fourth-order valence-corrected chi connectivity index (χ4v) is 7.05. The van der Waals surface area contributed by atoms with Gasteiger partial charge in [-0.15, -0.1) is 0 Å². The summed E-state index contributed by atoms with van der Waals surface area (Å²) < 4.78 is 0. The minimum absolute atomic E-state index is 0.00470. The summed E-state index contributed by atoms with van der Waals surface area (Å²) in [5.74, 6) is 0.128. The lowest BCUT2D eigenvalue weighted by Crippen LogP contribution is -2.55. The predicted molar refractivity (Wildman–Crippen MR) is 161 cm³/mol. The van der Waals surface area contributed by atoms with E-state index in [2.05, 4.69) is 61.7 Å². The van der Waals surface area contributed by atoms with Crippen molar-refractivity contribution in [2.75, 3.05) is 32.7 Å². The molecular weight excluding hydrogens is 524 g/mol. The van der Waals surface area contributed by atoms with Crippen molar-refractivity contribution in [3.63, 3.8) is 0 Å². The summed E-state index contributed by atoms with van der Waals surface area (Å²) in [4.78, 5) is 45.8. The van der Waals surface area contributed by atoms with Crippen LogP contribution >= 0.6 is 11.6 Å². The Morgan fingerprint density at radius 1 is 0.975 bits per heavy atom. The molecule has 0 radical (unpaired) electrons. The molecule has 1 aliphatic carbocycles. The SMILES string of the molecule is CC1(C)CCC(N(C(=O)C(C)(C)CN=O)[C@H]2CCN(C(=O)[C@@H]3CN(C(C)(C)C)C[C@H]3c3ccc(Cl)cc3)C2)CC1. The number of benzene rings is 1. The van der Waals surface area contributed by atoms with Gasteiger partial charge in [0.25, 0.3) is 0 Å². The van der Waals surface area contributed by atoms with E-state index in [4.69, 9.17) is 11.6 Å². The fourth-order valence-electron chi connectivity index (χ4n) is 6.92. The Balaban J connectivity index is 1.55. The van der Waals surface area contributed by atoms with Crippen molar-refractivity contribution < 1.29 is 9.59 Å². The lowest BCUT2D eigenvalue weighted by Gasteiger charge is -2.45. The van der Waals surface area contributed by atoms with Crippen LogP contribution < -0.4 is 0 Å². The number of amides is 2. The Hall–Kier alpha value is -1.99. The first kappa shape index (κ1) is 31.0. The van der Waals surface area contributed by atoms with Crippen LogP contribution in [0.15, 0.2) is 29.4 Å². The van der Waals surface area contributed by atoms with Crippen LogP contribution in [0.5, 0.6) is 0 Å². The van der Waals surface area contributed by atoms with Crippen LogP contribution in [0.1, 0.15) is 92.1 Å². The highest BCUT2D eigenvalue weighted by atomic mass is 35.5. The van der Waals surface area contributed by atoms with Crippen molar-refractivity contribution in [1.29, 1.82) is 0 Å². The highest BCUT2D eigenvalue weighted by molar-refractivity contribution is 6.30. The van der Waals surface area contributed by atoms with Gasteiger partial charge in [-0.1, -0.05) is 42.8 Å². The second-order valence-electron chi connectivity index (χ2n) is 14.8. The molecule has 2 saturated heterocycles. The molecule has 3 aliphatic rings. The Labute approximate surface area is 246 Å². The Morgan fingerprint density at radius 2 is 1.60 bits per heavy atom. The minimum Gasteiger partial charge on any atom is -0.340 e. The van der Waals surface area contributed by atoms with E-state index in [9.17, 15) is 14.5 Å². The number of rotatable bonds is 7. The van der Waals surface area contributed by atoms with Gasteiger partial charge in [0.1, 0.15) is 0 Å². The first-order chi connectivity index (χ1) is 18.6. The van der Waals surface area contributed by atoms with E-state index in [1.54, 1.807) is 0 Å². The lowest BCUT2D eigenvalue weighted by molar-refractivity contribution is -0.147. The Kier molecular flexibility index (Phi) is 9.06. The zero-order valence-corrected chi connectivity index (χ0v) is 26.3. The summed E-state index contributed by atoms with van der Waals surface area (Å²) in [6, 6.07) is 8.03. The summed E-state index contributed by atoms with van der Waals surface area (Å²) in [5, 5.41) is 3.79. The predicted octanol–water partition coefficient (Wildman–Crippen LogP) is 6.34. The number of carbonyl (C=O) groups is 2. The highest BCUT2D eigenvalue weighted by Crippen LogP contribution is 2.41. The second-order valence-corrected chi connectivity index (χ2v) is 15.3. The molecule has 0 bridgehead atoms. The Morgan fingerprint density at radius 3 is 2.17 bits per heavy atom. The molecule has 222 valence electrons. The zero-order chi connectivity index (χ0) is 29.5. The molecule has 2 heterocycles. The number of nitrogens with zero attached hydrogens (tertiary/aromatic N) is 4. The summed E-state index contributed by atoms with van der Waals surface area (Å²) in [6.45, 7) is 17.6. The van der Waals surface area contributed by atoms with E-state index < -0.39 is 5.41 Å².